The van der Waals surface area contributed by atoms with Crippen LogP contribution in [-0.4, -0.2) is 17.6 Å². The number of aliphatic imine (C=N–C) groups is 1. The van der Waals surface area contributed by atoms with Gasteiger partial charge < -0.3 is 10.5 Å². The molecule has 3 nitrogen and oxygen atoms in total. The van der Waals surface area contributed by atoms with E-state index in [-0.39, 0.29) is 11.8 Å². The summed E-state index contributed by atoms with van der Waals surface area (Å²) in [6, 6.07) is -0.129. The molecule has 2 N–H and O–H groups in total. The first-order valence-corrected chi connectivity index (χ1v) is 4.94. The number of halogens is 3. The number of hydrogen-bond acceptors (Lipinski definition) is 4. The Morgan fingerprint density at radius 2 is 2.27 bits per heavy atom. The van der Waals surface area contributed by atoms with Crippen molar-refractivity contribution >= 4 is 16.9 Å². The number of fused-ring (bicyclic) bond motifs is 1. The van der Waals surface area contributed by atoms with Gasteiger partial charge >= 0.3 is 6.36 Å². The number of alkyl halides is 3. The van der Waals surface area contributed by atoms with Crippen LogP contribution in [0.15, 0.2) is 27.8 Å². The molecule has 2 rings (SSSR count). The molecule has 0 aromatic carbocycles. The monoisotopic (exact) mass is 236 g/mol. The molecule has 1 heterocycles. The number of hydrogen-bond donors (Lipinski definition) is 1. The van der Waals surface area contributed by atoms with Crippen LogP contribution in [0, 0.1) is 0 Å². The summed E-state index contributed by atoms with van der Waals surface area (Å²) in [5.41, 5.74) is 5.45. The van der Waals surface area contributed by atoms with E-state index in [4.69, 9.17) is 5.73 Å². The van der Waals surface area contributed by atoms with Crippen molar-refractivity contribution in [1.82, 2.24) is 0 Å². The van der Waals surface area contributed by atoms with Crippen molar-refractivity contribution in [1.29, 1.82) is 0 Å². The first-order chi connectivity index (χ1) is 6.94. The molecule has 7 heteroatoms. The third-order valence-corrected chi connectivity index (χ3v) is 2.83. The number of ether oxygens (including phenoxy) is 1. The van der Waals surface area contributed by atoms with Gasteiger partial charge in [-0.2, -0.15) is 0 Å². The average Bonchev–Trinajstić information content (AvgIpc) is 2.40. The molecule has 15 heavy (non-hydrogen) atoms. The van der Waals surface area contributed by atoms with Gasteiger partial charge in [0.15, 0.2) is 5.17 Å². The molecule has 0 aromatic heterocycles. The van der Waals surface area contributed by atoms with Crippen LogP contribution in [-0.2, 0) is 4.74 Å². The van der Waals surface area contributed by atoms with Crippen molar-refractivity contribution in [3.05, 3.63) is 22.8 Å². The summed E-state index contributed by atoms with van der Waals surface area (Å²) in [6.45, 7) is 0. The molecule has 0 aromatic rings. The molecule has 1 aliphatic carbocycles. The highest BCUT2D eigenvalue weighted by Crippen LogP contribution is 2.36. The molecule has 0 fully saturated rings. The zero-order valence-corrected chi connectivity index (χ0v) is 8.23. The van der Waals surface area contributed by atoms with E-state index >= 15 is 0 Å². The Hall–Kier alpha value is -1.11. The second-order valence-corrected chi connectivity index (χ2v) is 4.12. The number of allylic oxidation sites excluding steroid dienone is 1. The molecule has 0 spiro atoms. The molecule has 0 radical (unpaired) electrons. The zero-order valence-electron chi connectivity index (χ0n) is 7.41. The van der Waals surface area contributed by atoms with Gasteiger partial charge in [-0.15, -0.1) is 13.2 Å². The van der Waals surface area contributed by atoms with Crippen LogP contribution in [0.2, 0.25) is 0 Å². The molecule has 82 valence electrons. The Balaban J connectivity index is 2.08. The second kappa shape index (κ2) is 3.48. The molecule has 2 aliphatic rings. The van der Waals surface area contributed by atoms with Gasteiger partial charge in [-0.3, -0.25) is 4.99 Å². The lowest BCUT2D eigenvalue weighted by molar-refractivity contribution is -0.303. The maximum Gasteiger partial charge on any atom is 0.573 e. The SMILES string of the molecule is NC1=NC2CC=C(OC(F)(F)F)C=C2S1. The molecule has 0 saturated heterocycles. The fourth-order valence-corrected chi connectivity index (χ4v) is 2.24. The predicted molar refractivity (Wildman–Crippen MR) is 50.9 cm³/mol. The van der Waals surface area contributed by atoms with Crippen LogP contribution in [0.25, 0.3) is 0 Å². The van der Waals surface area contributed by atoms with Gasteiger partial charge in [-0.25, -0.2) is 0 Å². The lowest BCUT2D eigenvalue weighted by atomic mass is 10.1. The number of nitrogens with zero attached hydrogens (tertiary/aromatic N) is 1. The minimum absolute atomic E-state index is 0.129. The highest BCUT2D eigenvalue weighted by molar-refractivity contribution is 8.17. The highest BCUT2D eigenvalue weighted by Gasteiger charge is 2.34. The van der Waals surface area contributed by atoms with Gasteiger partial charge in [0.1, 0.15) is 5.76 Å². The fourth-order valence-electron chi connectivity index (χ4n) is 1.36. The Kier molecular flexibility index (Phi) is 2.41. The molecule has 1 aliphatic heterocycles. The van der Waals surface area contributed by atoms with Crippen molar-refractivity contribution in [3.8, 4) is 0 Å². The van der Waals surface area contributed by atoms with E-state index in [2.05, 4.69) is 9.73 Å². The van der Waals surface area contributed by atoms with Gasteiger partial charge in [0.2, 0.25) is 0 Å². The third-order valence-electron chi connectivity index (χ3n) is 1.89. The van der Waals surface area contributed by atoms with E-state index in [9.17, 15) is 13.2 Å². The Bertz CT molecular complexity index is 373. The van der Waals surface area contributed by atoms with Crippen LogP contribution in [0.1, 0.15) is 6.42 Å². The summed E-state index contributed by atoms with van der Waals surface area (Å²) in [5, 5.41) is 0.382. The molecular formula is C8H7F3N2OS. The lowest BCUT2D eigenvalue weighted by Gasteiger charge is -2.16. The Morgan fingerprint density at radius 1 is 1.53 bits per heavy atom. The lowest BCUT2D eigenvalue weighted by Crippen LogP contribution is -2.15. The van der Waals surface area contributed by atoms with Crippen molar-refractivity contribution in [2.24, 2.45) is 10.7 Å². The standard InChI is InChI=1S/C8H7F3N2OS/c9-8(10,11)14-4-1-2-5-6(3-4)15-7(12)13-5/h1,3,5H,2H2,(H2,12,13). The maximum absolute atomic E-state index is 11.9. The van der Waals surface area contributed by atoms with Gasteiger partial charge in [0.05, 0.1) is 6.04 Å². The van der Waals surface area contributed by atoms with E-state index in [0.29, 0.717) is 16.5 Å². The Morgan fingerprint density at radius 3 is 2.93 bits per heavy atom. The van der Waals surface area contributed by atoms with Gasteiger partial charge in [-0.1, -0.05) is 11.8 Å². The molecule has 0 saturated carbocycles. The molecule has 1 unspecified atom stereocenters. The summed E-state index contributed by atoms with van der Waals surface area (Å²) in [6.07, 6.45) is -1.56. The minimum Gasteiger partial charge on any atom is -0.406 e. The smallest absolute Gasteiger partial charge is 0.406 e. The van der Waals surface area contributed by atoms with Gasteiger partial charge in [-0.05, 0) is 18.6 Å². The topological polar surface area (TPSA) is 47.6 Å². The fraction of sp³-hybridized carbons (Fsp3) is 0.375. The van der Waals surface area contributed by atoms with Crippen LogP contribution in [0.4, 0.5) is 13.2 Å². The van der Waals surface area contributed by atoms with Crippen molar-refractivity contribution in [3.63, 3.8) is 0 Å². The molecule has 1 atom stereocenters. The maximum atomic E-state index is 11.9. The minimum atomic E-state index is -4.65. The van der Waals surface area contributed by atoms with E-state index < -0.39 is 6.36 Å². The largest absolute Gasteiger partial charge is 0.573 e. The number of rotatable bonds is 1. The summed E-state index contributed by atoms with van der Waals surface area (Å²) in [4.78, 5) is 4.75. The molecule has 0 bridgehead atoms. The summed E-state index contributed by atoms with van der Waals surface area (Å²) in [7, 11) is 0. The van der Waals surface area contributed by atoms with Crippen molar-refractivity contribution in [2.45, 2.75) is 18.8 Å². The molecule has 0 amide bonds. The first kappa shape index (κ1) is 10.4. The summed E-state index contributed by atoms with van der Waals surface area (Å²) < 4.78 is 39.5. The van der Waals surface area contributed by atoms with Crippen molar-refractivity contribution < 1.29 is 17.9 Å². The highest BCUT2D eigenvalue weighted by atomic mass is 32.2. The quantitative estimate of drug-likeness (QED) is 0.758. The van der Waals surface area contributed by atoms with E-state index in [0.717, 1.165) is 0 Å². The second-order valence-electron chi connectivity index (χ2n) is 3.02. The van der Waals surface area contributed by atoms with Crippen molar-refractivity contribution in [2.75, 3.05) is 0 Å². The third kappa shape index (κ3) is 2.47. The van der Waals surface area contributed by atoms with Gasteiger partial charge in [0, 0.05) is 4.91 Å². The number of thioether (sulfide) groups is 1. The van der Waals surface area contributed by atoms with E-state index in [1.54, 1.807) is 0 Å². The van der Waals surface area contributed by atoms with Crippen LogP contribution < -0.4 is 5.73 Å². The number of amidine groups is 1. The Labute approximate surface area is 87.9 Å². The van der Waals surface area contributed by atoms with Crippen LogP contribution in [0.5, 0.6) is 0 Å². The first-order valence-electron chi connectivity index (χ1n) is 4.13. The van der Waals surface area contributed by atoms with E-state index in [1.165, 1.54) is 23.9 Å². The average molecular weight is 236 g/mol. The predicted octanol–water partition coefficient (Wildman–Crippen LogP) is 2.12. The van der Waals surface area contributed by atoms with Gasteiger partial charge in [0.25, 0.3) is 0 Å². The number of nitrogens with two attached hydrogens (primary N) is 1. The van der Waals surface area contributed by atoms with E-state index in [1.807, 2.05) is 0 Å². The summed E-state index contributed by atoms with van der Waals surface area (Å²) in [5.74, 6) is -0.189. The van der Waals surface area contributed by atoms with Crippen LogP contribution in [0.3, 0.4) is 0 Å². The van der Waals surface area contributed by atoms with Crippen LogP contribution >= 0.6 is 11.8 Å². The molecular weight excluding hydrogens is 229 g/mol. The zero-order chi connectivity index (χ0) is 11.1. The normalized spacial score (nSPS) is 25.3. The summed E-state index contributed by atoms with van der Waals surface area (Å²) >= 11 is 1.18.